The van der Waals surface area contributed by atoms with Gasteiger partial charge in [-0.05, 0) is 49.9 Å². The molecule has 0 aromatic heterocycles. The molecule has 1 heterocycles. The summed E-state index contributed by atoms with van der Waals surface area (Å²) in [6.45, 7) is 6.51. The fourth-order valence-electron chi connectivity index (χ4n) is 3.09. The van der Waals surface area contributed by atoms with E-state index in [2.05, 4.69) is 30.9 Å². The van der Waals surface area contributed by atoms with Gasteiger partial charge in [0.2, 0.25) is 0 Å². The monoisotopic (exact) mass is 262 g/mol. The van der Waals surface area contributed by atoms with Crippen molar-refractivity contribution in [3.8, 4) is 5.75 Å². The highest BCUT2D eigenvalue weighted by Gasteiger charge is 2.29. The van der Waals surface area contributed by atoms with Crippen LogP contribution in [0, 0.1) is 5.92 Å². The Labute approximate surface area is 116 Å². The lowest BCUT2D eigenvalue weighted by atomic mass is 9.90. The standard InChI is InChI=1S/C16H26N2O/c1-12-8-9-18(15(10-12)11-17)13(2)14-4-6-16(19-3)7-5-14/h4-7,12-13,15H,8-11,17H2,1-3H3. The topological polar surface area (TPSA) is 38.5 Å². The molecule has 2 rings (SSSR count). The van der Waals surface area contributed by atoms with Crippen molar-refractivity contribution in [1.82, 2.24) is 4.90 Å². The van der Waals surface area contributed by atoms with Crippen LogP contribution in [0.25, 0.3) is 0 Å². The van der Waals surface area contributed by atoms with Crippen LogP contribution in [0.1, 0.15) is 38.3 Å². The number of methoxy groups -OCH3 is 1. The summed E-state index contributed by atoms with van der Waals surface area (Å²) < 4.78 is 5.22. The van der Waals surface area contributed by atoms with E-state index in [1.807, 2.05) is 12.1 Å². The molecule has 1 saturated heterocycles. The Hall–Kier alpha value is -1.06. The minimum atomic E-state index is 0.423. The molecule has 2 N–H and O–H groups in total. The molecule has 3 nitrogen and oxygen atoms in total. The molecule has 106 valence electrons. The summed E-state index contributed by atoms with van der Waals surface area (Å²) in [5.41, 5.74) is 7.30. The summed E-state index contributed by atoms with van der Waals surface area (Å²) in [6.07, 6.45) is 2.49. The molecule has 0 amide bonds. The summed E-state index contributed by atoms with van der Waals surface area (Å²) in [6, 6.07) is 9.34. The third-order valence-corrected chi connectivity index (χ3v) is 4.39. The molecule has 1 aromatic carbocycles. The first kappa shape index (κ1) is 14.4. The Morgan fingerprint density at radius 1 is 1.37 bits per heavy atom. The van der Waals surface area contributed by atoms with E-state index < -0.39 is 0 Å². The van der Waals surface area contributed by atoms with Crippen molar-refractivity contribution in [3.05, 3.63) is 29.8 Å². The predicted molar refractivity (Wildman–Crippen MR) is 79.4 cm³/mol. The van der Waals surface area contributed by atoms with Gasteiger partial charge in [0.05, 0.1) is 7.11 Å². The maximum atomic E-state index is 5.96. The normalized spacial score (nSPS) is 26.1. The van der Waals surface area contributed by atoms with E-state index in [1.54, 1.807) is 7.11 Å². The van der Waals surface area contributed by atoms with Crippen molar-refractivity contribution in [2.45, 2.75) is 38.8 Å². The van der Waals surface area contributed by atoms with E-state index in [1.165, 1.54) is 18.4 Å². The Morgan fingerprint density at radius 2 is 2.05 bits per heavy atom. The molecule has 19 heavy (non-hydrogen) atoms. The lowest BCUT2D eigenvalue weighted by Crippen LogP contribution is -2.47. The molecule has 3 heteroatoms. The molecular weight excluding hydrogens is 236 g/mol. The summed E-state index contributed by atoms with van der Waals surface area (Å²) in [4.78, 5) is 2.56. The van der Waals surface area contributed by atoms with Crippen LogP contribution >= 0.6 is 0 Å². The van der Waals surface area contributed by atoms with Gasteiger partial charge in [0.25, 0.3) is 0 Å². The lowest BCUT2D eigenvalue weighted by Gasteiger charge is -2.42. The first-order chi connectivity index (χ1) is 9.15. The minimum Gasteiger partial charge on any atom is -0.497 e. The van der Waals surface area contributed by atoms with Crippen LogP contribution in [0.4, 0.5) is 0 Å². The van der Waals surface area contributed by atoms with Crippen LogP contribution in [0.2, 0.25) is 0 Å². The van der Waals surface area contributed by atoms with Crippen molar-refractivity contribution < 1.29 is 4.74 Å². The number of hydrogen-bond acceptors (Lipinski definition) is 3. The van der Waals surface area contributed by atoms with Crippen molar-refractivity contribution >= 4 is 0 Å². The number of rotatable bonds is 4. The van der Waals surface area contributed by atoms with Gasteiger partial charge in [-0.1, -0.05) is 19.1 Å². The maximum Gasteiger partial charge on any atom is 0.118 e. The van der Waals surface area contributed by atoms with E-state index in [-0.39, 0.29) is 0 Å². The molecule has 0 aliphatic carbocycles. The number of nitrogens with zero attached hydrogens (tertiary/aromatic N) is 1. The second kappa shape index (κ2) is 6.40. The van der Waals surface area contributed by atoms with E-state index in [0.29, 0.717) is 12.1 Å². The molecule has 1 aromatic rings. The first-order valence-electron chi connectivity index (χ1n) is 7.25. The maximum absolute atomic E-state index is 5.96. The average molecular weight is 262 g/mol. The molecule has 0 radical (unpaired) electrons. The third-order valence-electron chi connectivity index (χ3n) is 4.39. The second-order valence-corrected chi connectivity index (χ2v) is 5.71. The zero-order chi connectivity index (χ0) is 13.8. The number of piperidine rings is 1. The van der Waals surface area contributed by atoms with Crippen LogP contribution in [0.5, 0.6) is 5.75 Å². The summed E-state index contributed by atoms with van der Waals surface area (Å²) in [5.74, 6) is 1.71. The molecule has 0 bridgehead atoms. The van der Waals surface area contributed by atoms with Gasteiger partial charge < -0.3 is 10.5 Å². The highest BCUT2D eigenvalue weighted by molar-refractivity contribution is 5.29. The van der Waals surface area contributed by atoms with Crippen LogP contribution < -0.4 is 10.5 Å². The second-order valence-electron chi connectivity index (χ2n) is 5.71. The van der Waals surface area contributed by atoms with E-state index >= 15 is 0 Å². The number of likely N-dealkylation sites (tertiary alicyclic amines) is 1. The Kier molecular flexibility index (Phi) is 4.83. The largest absolute Gasteiger partial charge is 0.497 e. The number of benzene rings is 1. The van der Waals surface area contributed by atoms with Crippen molar-refractivity contribution in [1.29, 1.82) is 0 Å². The SMILES string of the molecule is COc1ccc(C(C)N2CCC(C)CC2CN)cc1. The molecule has 3 atom stereocenters. The molecule has 1 aliphatic rings. The molecule has 0 saturated carbocycles. The van der Waals surface area contributed by atoms with Gasteiger partial charge in [-0.3, -0.25) is 4.90 Å². The summed E-state index contributed by atoms with van der Waals surface area (Å²) in [7, 11) is 1.70. The van der Waals surface area contributed by atoms with Crippen LogP contribution in [0.15, 0.2) is 24.3 Å². The minimum absolute atomic E-state index is 0.423. The van der Waals surface area contributed by atoms with E-state index in [0.717, 1.165) is 24.8 Å². The molecule has 1 fully saturated rings. The van der Waals surface area contributed by atoms with Crippen LogP contribution in [-0.4, -0.2) is 31.1 Å². The van der Waals surface area contributed by atoms with Crippen LogP contribution in [-0.2, 0) is 0 Å². The Morgan fingerprint density at radius 3 is 2.63 bits per heavy atom. The molecule has 3 unspecified atom stereocenters. The highest BCUT2D eigenvalue weighted by atomic mass is 16.5. The van der Waals surface area contributed by atoms with Gasteiger partial charge in [0.1, 0.15) is 5.75 Å². The van der Waals surface area contributed by atoms with Gasteiger partial charge in [0, 0.05) is 18.6 Å². The number of hydrogen-bond donors (Lipinski definition) is 1. The predicted octanol–water partition coefficient (Wildman–Crippen LogP) is 2.82. The van der Waals surface area contributed by atoms with Gasteiger partial charge in [-0.2, -0.15) is 0 Å². The van der Waals surface area contributed by atoms with Gasteiger partial charge in [-0.15, -0.1) is 0 Å². The molecular formula is C16H26N2O. The Balaban J connectivity index is 2.10. The number of ether oxygens (including phenoxy) is 1. The van der Waals surface area contributed by atoms with Crippen molar-refractivity contribution in [3.63, 3.8) is 0 Å². The number of nitrogens with two attached hydrogens (primary N) is 1. The lowest BCUT2D eigenvalue weighted by molar-refractivity contribution is 0.0834. The molecule has 0 spiro atoms. The average Bonchev–Trinajstić information content (AvgIpc) is 2.46. The third kappa shape index (κ3) is 3.28. The fraction of sp³-hybridized carbons (Fsp3) is 0.625. The van der Waals surface area contributed by atoms with Gasteiger partial charge in [0.15, 0.2) is 0 Å². The summed E-state index contributed by atoms with van der Waals surface area (Å²) >= 11 is 0. The van der Waals surface area contributed by atoms with E-state index in [4.69, 9.17) is 10.5 Å². The van der Waals surface area contributed by atoms with Crippen molar-refractivity contribution in [2.24, 2.45) is 11.7 Å². The van der Waals surface area contributed by atoms with E-state index in [9.17, 15) is 0 Å². The summed E-state index contributed by atoms with van der Waals surface area (Å²) in [5, 5.41) is 0. The zero-order valence-corrected chi connectivity index (χ0v) is 12.3. The van der Waals surface area contributed by atoms with Crippen LogP contribution in [0.3, 0.4) is 0 Å². The quantitative estimate of drug-likeness (QED) is 0.907. The fourth-order valence-corrected chi connectivity index (χ4v) is 3.09. The zero-order valence-electron chi connectivity index (χ0n) is 12.3. The van der Waals surface area contributed by atoms with Gasteiger partial charge >= 0.3 is 0 Å². The molecule has 1 aliphatic heterocycles. The van der Waals surface area contributed by atoms with Crippen molar-refractivity contribution in [2.75, 3.05) is 20.2 Å². The smallest absolute Gasteiger partial charge is 0.118 e. The highest BCUT2D eigenvalue weighted by Crippen LogP contribution is 2.31. The first-order valence-corrected chi connectivity index (χ1v) is 7.25. The van der Waals surface area contributed by atoms with Gasteiger partial charge in [-0.25, -0.2) is 0 Å². The Bertz CT molecular complexity index is 390.